The monoisotopic (exact) mass is 241 g/mol. The number of rotatable bonds is 6. The van der Waals surface area contributed by atoms with Crippen molar-refractivity contribution in [1.82, 2.24) is 10.3 Å². The van der Waals surface area contributed by atoms with Crippen LogP contribution in [0.15, 0.2) is 18.3 Å². The van der Waals surface area contributed by atoms with Gasteiger partial charge >= 0.3 is 6.03 Å². The molecule has 6 heteroatoms. The third-order valence-electron chi connectivity index (χ3n) is 2.12. The molecular weight excluding hydrogens is 225 g/mol. The maximum Gasteiger partial charge on any atom is 0.312 e. The maximum absolute atomic E-state index is 12.9. The summed E-state index contributed by atoms with van der Waals surface area (Å²) in [5.41, 5.74) is 5.74. The minimum atomic E-state index is -0.996. The van der Waals surface area contributed by atoms with Crippen LogP contribution >= 0.6 is 0 Å². The molecular formula is C11H16FN3O2. The third-order valence-corrected chi connectivity index (χ3v) is 2.12. The largest absolute Gasteiger partial charge is 0.475 e. The quantitative estimate of drug-likeness (QED) is 0.789. The second-order valence-corrected chi connectivity index (χ2v) is 3.54. The van der Waals surface area contributed by atoms with E-state index in [9.17, 15) is 9.18 Å². The number of carbonyl (C=O) groups excluding carboxylic acids is 1. The predicted octanol–water partition coefficient (Wildman–Crippen LogP) is 1.38. The second kappa shape index (κ2) is 6.67. The summed E-state index contributed by atoms with van der Waals surface area (Å²) in [5.74, 6) is 0.338. The van der Waals surface area contributed by atoms with Crippen LogP contribution in [0.4, 0.5) is 9.18 Å². The fraction of sp³-hybridized carbons (Fsp3) is 0.455. The number of carbonyl (C=O) groups is 1. The van der Waals surface area contributed by atoms with E-state index in [1.807, 2.05) is 0 Å². The summed E-state index contributed by atoms with van der Waals surface area (Å²) in [6, 6.07) is 2.76. The molecule has 1 unspecified atom stereocenters. The van der Waals surface area contributed by atoms with Crippen molar-refractivity contribution in [3.05, 3.63) is 23.9 Å². The van der Waals surface area contributed by atoms with Gasteiger partial charge in [-0.1, -0.05) is 6.92 Å². The van der Waals surface area contributed by atoms with Crippen LogP contribution in [0.2, 0.25) is 0 Å². The van der Waals surface area contributed by atoms with Gasteiger partial charge in [-0.3, -0.25) is 0 Å². The Kier molecular flexibility index (Phi) is 5.19. The zero-order valence-electron chi connectivity index (χ0n) is 9.65. The van der Waals surface area contributed by atoms with Gasteiger partial charge < -0.3 is 15.8 Å². The SMILES string of the molecule is CCC(F)COc1cc(CNC(N)=O)ccn1. The van der Waals surface area contributed by atoms with Gasteiger partial charge in [-0.15, -0.1) is 0 Å². The van der Waals surface area contributed by atoms with Crippen molar-refractivity contribution in [2.75, 3.05) is 6.61 Å². The first kappa shape index (κ1) is 13.2. The Bertz CT molecular complexity index is 373. The molecule has 0 aliphatic heterocycles. The highest BCUT2D eigenvalue weighted by atomic mass is 19.1. The molecule has 0 aliphatic rings. The van der Waals surface area contributed by atoms with E-state index in [1.165, 1.54) is 6.20 Å². The first-order valence-corrected chi connectivity index (χ1v) is 5.37. The molecule has 3 N–H and O–H groups in total. The summed E-state index contributed by atoms with van der Waals surface area (Å²) >= 11 is 0. The van der Waals surface area contributed by atoms with Crippen LogP contribution in [0.5, 0.6) is 5.88 Å². The molecule has 2 amide bonds. The summed E-state index contributed by atoms with van der Waals surface area (Å²) in [7, 11) is 0. The summed E-state index contributed by atoms with van der Waals surface area (Å²) < 4.78 is 18.1. The molecule has 0 saturated heterocycles. The van der Waals surface area contributed by atoms with Gasteiger partial charge in [-0.2, -0.15) is 0 Å². The van der Waals surface area contributed by atoms with E-state index in [2.05, 4.69) is 10.3 Å². The van der Waals surface area contributed by atoms with E-state index in [-0.39, 0.29) is 6.61 Å². The lowest BCUT2D eigenvalue weighted by molar-refractivity contribution is 0.186. The Labute approximate surface area is 99.2 Å². The lowest BCUT2D eigenvalue weighted by atomic mass is 10.2. The van der Waals surface area contributed by atoms with Gasteiger partial charge in [0.1, 0.15) is 12.8 Å². The smallest absolute Gasteiger partial charge is 0.312 e. The molecule has 0 saturated carbocycles. The molecule has 1 aromatic heterocycles. The number of aromatic nitrogens is 1. The molecule has 1 rings (SSSR count). The van der Waals surface area contributed by atoms with Gasteiger partial charge in [0.05, 0.1) is 0 Å². The molecule has 17 heavy (non-hydrogen) atoms. The number of primary amides is 1. The van der Waals surface area contributed by atoms with Crippen molar-refractivity contribution in [3.8, 4) is 5.88 Å². The molecule has 0 spiro atoms. The highest BCUT2D eigenvalue weighted by molar-refractivity contribution is 5.71. The minimum absolute atomic E-state index is 0.0177. The number of pyridine rings is 1. The molecule has 0 radical (unpaired) electrons. The van der Waals surface area contributed by atoms with Crippen LogP contribution < -0.4 is 15.8 Å². The van der Waals surface area contributed by atoms with E-state index < -0.39 is 12.2 Å². The highest BCUT2D eigenvalue weighted by Gasteiger charge is 2.05. The molecule has 1 heterocycles. The van der Waals surface area contributed by atoms with E-state index in [0.717, 1.165) is 5.56 Å². The molecule has 0 aromatic carbocycles. The van der Waals surface area contributed by atoms with Crippen molar-refractivity contribution in [2.45, 2.75) is 26.1 Å². The molecule has 94 valence electrons. The molecule has 0 bridgehead atoms. The topological polar surface area (TPSA) is 77.2 Å². The van der Waals surface area contributed by atoms with Gasteiger partial charge in [0, 0.05) is 18.8 Å². The Morgan fingerprint density at radius 1 is 1.71 bits per heavy atom. The molecule has 0 aliphatic carbocycles. The normalized spacial score (nSPS) is 11.9. The zero-order valence-corrected chi connectivity index (χ0v) is 9.65. The van der Waals surface area contributed by atoms with Crippen molar-refractivity contribution in [3.63, 3.8) is 0 Å². The van der Waals surface area contributed by atoms with Crippen LogP contribution in [-0.2, 0) is 6.54 Å². The fourth-order valence-corrected chi connectivity index (χ4v) is 1.12. The Morgan fingerprint density at radius 2 is 2.47 bits per heavy atom. The van der Waals surface area contributed by atoms with Crippen molar-refractivity contribution < 1.29 is 13.9 Å². The summed E-state index contributed by atoms with van der Waals surface area (Å²) in [6.45, 7) is 2.02. The number of amides is 2. The fourth-order valence-electron chi connectivity index (χ4n) is 1.12. The number of halogens is 1. The van der Waals surface area contributed by atoms with Gasteiger partial charge in [0.2, 0.25) is 5.88 Å². The van der Waals surface area contributed by atoms with Gasteiger partial charge in [-0.25, -0.2) is 14.2 Å². The van der Waals surface area contributed by atoms with Gasteiger partial charge in [0.25, 0.3) is 0 Å². The maximum atomic E-state index is 12.9. The molecule has 1 aromatic rings. The van der Waals surface area contributed by atoms with E-state index in [0.29, 0.717) is 18.8 Å². The first-order valence-electron chi connectivity index (χ1n) is 5.37. The van der Waals surface area contributed by atoms with Crippen LogP contribution in [0, 0.1) is 0 Å². The highest BCUT2D eigenvalue weighted by Crippen LogP contribution is 2.10. The minimum Gasteiger partial charge on any atom is -0.475 e. The lowest BCUT2D eigenvalue weighted by Gasteiger charge is -2.09. The molecule has 5 nitrogen and oxygen atoms in total. The van der Waals surface area contributed by atoms with E-state index >= 15 is 0 Å². The number of ether oxygens (including phenoxy) is 1. The van der Waals surface area contributed by atoms with E-state index in [1.54, 1.807) is 19.1 Å². The van der Waals surface area contributed by atoms with Crippen molar-refractivity contribution in [1.29, 1.82) is 0 Å². The van der Waals surface area contributed by atoms with Gasteiger partial charge in [0.15, 0.2) is 0 Å². The number of nitrogens with one attached hydrogen (secondary N) is 1. The van der Waals surface area contributed by atoms with Gasteiger partial charge in [-0.05, 0) is 18.1 Å². The zero-order chi connectivity index (χ0) is 12.7. The van der Waals surface area contributed by atoms with Crippen LogP contribution in [0.3, 0.4) is 0 Å². The Morgan fingerprint density at radius 3 is 3.12 bits per heavy atom. The summed E-state index contributed by atoms with van der Waals surface area (Å²) in [4.78, 5) is 14.5. The first-order chi connectivity index (χ1) is 8.11. The summed E-state index contributed by atoms with van der Waals surface area (Å²) in [6.07, 6.45) is 0.944. The third kappa shape index (κ3) is 5.14. The van der Waals surface area contributed by atoms with Crippen LogP contribution in [0.25, 0.3) is 0 Å². The number of nitrogens with two attached hydrogens (primary N) is 1. The summed E-state index contributed by atoms with van der Waals surface area (Å²) in [5, 5.41) is 2.45. The average Bonchev–Trinajstić information content (AvgIpc) is 2.34. The Balaban J connectivity index is 2.50. The number of urea groups is 1. The number of nitrogens with zero attached hydrogens (tertiary/aromatic N) is 1. The van der Waals surface area contributed by atoms with Crippen molar-refractivity contribution in [2.24, 2.45) is 5.73 Å². The predicted molar refractivity (Wildman–Crippen MR) is 61.3 cm³/mol. The van der Waals surface area contributed by atoms with Crippen LogP contribution in [-0.4, -0.2) is 23.8 Å². The van der Waals surface area contributed by atoms with E-state index in [4.69, 9.17) is 10.5 Å². The Hall–Kier alpha value is -1.85. The molecule has 0 fully saturated rings. The molecule has 1 atom stereocenters. The van der Waals surface area contributed by atoms with Crippen molar-refractivity contribution >= 4 is 6.03 Å². The standard InChI is InChI=1S/C11H16FN3O2/c1-2-9(12)7-17-10-5-8(3-4-14-10)6-15-11(13)16/h3-5,9H,2,6-7H2,1H3,(H3,13,15,16). The number of alkyl halides is 1. The second-order valence-electron chi connectivity index (χ2n) is 3.54. The number of hydrogen-bond acceptors (Lipinski definition) is 3. The number of hydrogen-bond donors (Lipinski definition) is 2. The average molecular weight is 241 g/mol. The van der Waals surface area contributed by atoms with Crippen LogP contribution in [0.1, 0.15) is 18.9 Å². The lowest BCUT2D eigenvalue weighted by Crippen LogP contribution is -2.28.